The van der Waals surface area contributed by atoms with Crippen LogP contribution in [0, 0.1) is 0 Å². The molecule has 282 valence electrons. The minimum atomic E-state index is -1.96. The zero-order chi connectivity index (χ0) is 39.0. The summed E-state index contributed by atoms with van der Waals surface area (Å²) >= 11 is 0. The number of methoxy groups -OCH3 is 4. The van der Waals surface area contributed by atoms with E-state index in [0.717, 1.165) is 0 Å². The fourth-order valence-electron chi connectivity index (χ4n) is 6.61. The fraction of sp³-hybridized carbons (Fsp3) is 0.447. The maximum atomic E-state index is 13.9. The van der Waals surface area contributed by atoms with Crippen molar-refractivity contribution in [1.29, 1.82) is 0 Å². The van der Waals surface area contributed by atoms with E-state index in [0.29, 0.717) is 44.3 Å². The van der Waals surface area contributed by atoms with Crippen LogP contribution in [0.4, 0.5) is 0 Å². The van der Waals surface area contributed by atoms with Crippen LogP contribution in [-0.4, -0.2) is 88.2 Å². The Balaban J connectivity index is 2.03. The summed E-state index contributed by atoms with van der Waals surface area (Å²) in [6.45, 7) is 6.16. The molecule has 5 rings (SSSR count). The Bertz CT molecular complexity index is 2180. The molecule has 0 saturated heterocycles. The number of ketones is 1. The maximum Gasteiger partial charge on any atom is 0.310 e. The molecule has 4 N–H and O–H groups in total. The summed E-state index contributed by atoms with van der Waals surface area (Å²) in [4.78, 5) is 80.3. The molecule has 0 fully saturated rings. The van der Waals surface area contributed by atoms with Crippen LogP contribution in [0.5, 0.6) is 0 Å². The Morgan fingerprint density at radius 2 is 1.00 bits per heavy atom. The lowest BCUT2D eigenvalue weighted by Crippen LogP contribution is -2.41. The first-order valence-electron chi connectivity index (χ1n) is 16.9. The van der Waals surface area contributed by atoms with E-state index in [2.05, 4.69) is 19.9 Å². The number of carbonyl (C=O) groups excluding carboxylic acids is 5. The zero-order valence-electron chi connectivity index (χ0n) is 31.0. The summed E-state index contributed by atoms with van der Waals surface area (Å²) in [5.74, 6) is -2.51. The van der Waals surface area contributed by atoms with E-state index in [-0.39, 0.29) is 67.1 Å². The molecule has 8 bridgehead atoms. The van der Waals surface area contributed by atoms with E-state index in [9.17, 15) is 34.2 Å². The molecule has 0 aromatic carbocycles. The highest BCUT2D eigenvalue weighted by Gasteiger charge is 2.51. The van der Waals surface area contributed by atoms with Crippen LogP contribution < -0.4 is 0 Å². The molecule has 0 amide bonds. The smallest absolute Gasteiger partial charge is 0.310 e. The van der Waals surface area contributed by atoms with Gasteiger partial charge in [0.15, 0.2) is 5.78 Å². The first kappa shape index (κ1) is 38.8. The second-order valence-electron chi connectivity index (χ2n) is 13.9. The van der Waals surface area contributed by atoms with Crippen molar-refractivity contribution in [2.24, 2.45) is 0 Å². The van der Waals surface area contributed by atoms with Gasteiger partial charge in [0.2, 0.25) is 0 Å². The van der Waals surface area contributed by atoms with Crippen molar-refractivity contribution in [3.63, 3.8) is 0 Å². The van der Waals surface area contributed by atoms with Gasteiger partial charge in [0.05, 0.1) is 63.8 Å². The average Bonchev–Trinajstić information content (AvgIpc) is 3.72. The van der Waals surface area contributed by atoms with E-state index < -0.39 is 40.5 Å². The van der Waals surface area contributed by atoms with Crippen molar-refractivity contribution in [1.82, 2.24) is 19.9 Å². The van der Waals surface area contributed by atoms with Gasteiger partial charge < -0.3 is 39.1 Å². The molecule has 2 atom stereocenters. The topological polar surface area (TPSA) is 220 Å². The molecule has 2 unspecified atom stereocenters. The summed E-state index contributed by atoms with van der Waals surface area (Å²) in [6.07, 6.45) is -0.363. The third kappa shape index (κ3) is 7.18. The Morgan fingerprint density at radius 1 is 0.585 bits per heavy atom. The Morgan fingerprint density at radius 3 is 1.45 bits per heavy atom. The number of nitrogens with one attached hydrogen (secondary N) is 2. The zero-order valence-corrected chi connectivity index (χ0v) is 31.0. The number of aromatic amines is 2. The lowest BCUT2D eigenvalue weighted by molar-refractivity contribution is -0.141. The third-order valence-corrected chi connectivity index (χ3v) is 10.3. The fourth-order valence-corrected chi connectivity index (χ4v) is 6.61. The standard InChI is InChI=1S/C38H44N4O11/c1-36(2)28-18-30-38(4,49)37(3,48)29(42-30)17-26-22(14-34(46)53-8)20(10-12-32(44)51-6)24(40-26)15-23-19(9-11-31(43)50-5)21(13-33(45)52-7)25(39-23)16-27(41-28)35(36)47/h15-18,39-40,48-49H,9-14H2,1-8H3. The first-order chi connectivity index (χ1) is 24.9. The molecule has 0 spiro atoms. The van der Waals surface area contributed by atoms with Crippen LogP contribution >= 0.6 is 0 Å². The second-order valence-corrected chi connectivity index (χ2v) is 13.9. The van der Waals surface area contributed by atoms with Crippen molar-refractivity contribution in [3.05, 3.63) is 69.3 Å². The molecule has 15 nitrogen and oxygen atoms in total. The average molecular weight is 733 g/mol. The van der Waals surface area contributed by atoms with Gasteiger partial charge in [-0.3, -0.25) is 29.0 Å². The van der Waals surface area contributed by atoms with Crippen LogP contribution in [-0.2, 0) is 80.4 Å². The number of aliphatic hydroxyl groups is 2. The Hall–Kier alpha value is -5.41. The predicted molar refractivity (Wildman–Crippen MR) is 190 cm³/mol. The summed E-state index contributed by atoms with van der Waals surface area (Å²) < 4.78 is 19.9. The van der Waals surface area contributed by atoms with Crippen molar-refractivity contribution in [3.8, 4) is 0 Å². The molecule has 2 aliphatic rings. The molecule has 15 heteroatoms. The van der Waals surface area contributed by atoms with E-state index >= 15 is 0 Å². The monoisotopic (exact) mass is 732 g/mol. The van der Waals surface area contributed by atoms with Gasteiger partial charge in [-0.25, -0.2) is 4.98 Å². The van der Waals surface area contributed by atoms with Crippen LogP contribution in [0.1, 0.15) is 90.4 Å². The molecule has 3 aromatic heterocycles. The quantitative estimate of drug-likeness (QED) is 0.174. The molecule has 53 heavy (non-hydrogen) atoms. The van der Waals surface area contributed by atoms with E-state index in [4.69, 9.17) is 18.9 Å². The number of hydrogen-bond donors (Lipinski definition) is 4. The van der Waals surface area contributed by atoms with Crippen molar-refractivity contribution in [2.45, 2.75) is 82.8 Å². The number of rotatable bonds is 10. The number of fused-ring (bicyclic) bond motifs is 8. The SMILES string of the molecule is COC(=O)CCc1c(CC(=O)OC)c2cc3nc(cc4nc(cc5[nH]c(cc1[nH]2)c(CCC(=O)OC)c5CC(=O)OC)C(C)(O)C4(C)O)C(C)(C)C3=O. The van der Waals surface area contributed by atoms with E-state index in [1.807, 2.05) is 0 Å². The normalized spacial score (nSPS) is 19.1. The molecule has 0 radical (unpaired) electrons. The summed E-state index contributed by atoms with van der Waals surface area (Å²) in [7, 11) is 5.03. The largest absolute Gasteiger partial charge is 0.469 e. The number of hydrogen-bond acceptors (Lipinski definition) is 13. The van der Waals surface area contributed by atoms with E-state index in [1.165, 1.54) is 60.5 Å². The molecule has 0 aliphatic carbocycles. The minimum absolute atomic E-state index is 0.0408. The van der Waals surface area contributed by atoms with Crippen molar-refractivity contribution >= 4 is 51.7 Å². The maximum absolute atomic E-state index is 13.9. The molecule has 0 saturated carbocycles. The summed E-state index contributed by atoms with van der Waals surface area (Å²) in [5, 5.41) is 23.6. The third-order valence-electron chi connectivity index (χ3n) is 10.3. The van der Waals surface area contributed by atoms with Gasteiger partial charge in [-0.05, 0) is 87.1 Å². The lowest BCUT2D eigenvalue weighted by Gasteiger charge is -2.31. The number of nitrogens with zero attached hydrogens (tertiary/aromatic N) is 2. The predicted octanol–water partition coefficient (Wildman–Crippen LogP) is 3.23. The highest BCUT2D eigenvalue weighted by atomic mass is 16.5. The van der Waals surface area contributed by atoms with Gasteiger partial charge in [0.1, 0.15) is 16.9 Å². The number of aryl methyl sites for hydroxylation is 2. The van der Waals surface area contributed by atoms with Crippen LogP contribution in [0.25, 0.3) is 22.1 Å². The minimum Gasteiger partial charge on any atom is -0.469 e. The number of aromatic nitrogens is 4. The van der Waals surface area contributed by atoms with Gasteiger partial charge in [-0.1, -0.05) is 0 Å². The molecule has 5 heterocycles. The molecular formula is C38H44N4O11. The van der Waals surface area contributed by atoms with Gasteiger partial charge in [-0.2, -0.15) is 0 Å². The Kier molecular flexibility index (Phi) is 10.7. The van der Waals surface area contributed by atoms with E-state index in [1.54, 1.807) is 19.9 Å². The van der Waals surface area contributed by atoms with Crippen molar-refractivity contribution in [2.75, 3.05) is 28.4 Å². The molecule has 3 aromatic rings. The summed E-state index contributed by atoms with van der Waals surface area (Å²) in [6, 6.07) is 6.21. The number of H-pyrrole nitrogens is 2. The van der Waals surface area contributed by atoms with Crippen LogP contribution in [0.3, 0.4) is 0 Å². The number of esters is 4. The van der Waals surface area contributed by atoms with Gasteiger partial charge >= 0.3 is 23.9 Å². The highest BCUT2D eigenvalue weighted by molar-refractivity contribution is 6.05. The number of Topliss-reactive ketones (excluding diaryl/α,β-unsaturated/α-hetero) is 1. The van der Waals surface area contributed by atoms with Gasteiger partial charge in [-0.15, -0.1) is 0 Å². The summed E-state index contributed by atoms with van der Waals surface area (Å²) in [5.41, 5.74) is -1.18. The highest BCUT2D eigenvalue weighted by Crippen LogP contribution is 2.44. The van der Waals surface area contributed by atoms with Gasteiger partial charge in [0.25, 0.3) is 0 Å². The van der Waals surface area contributed by atoms with Crippen LogP contribution in [0.2, 0.25) is 0 Å². The molecular weight excluding hydrogens is 688 g/mol. The Labute approximate surface area is 305 Å². The lowest BCUT2D eigenvalue weighted by atomic mass is 9.81. The first-order valence-corrected chi connectivity index (χ1v) is 16.9. The van der Waals surface area contributed by atoms with Crippen molar-refractivity contribution < 1.29 is 53.1 Å². The van der Waals surface area contributed by atoms with Crippen LogP contribution in [0.15, 0.2) is 24.3 Å². The second kappa shape index (κ2) is 14.5. The number of carbonyl (C=O) groups is 5. The van der Waals surface area contributed by atoms with Gasteiger partial charge in [0, 0.05) is 34.9 Å². The number of ether oxygens (including phenoxy) is 4. The molecule has 2 aliphatic heterocycles.